The van der Waals surface area contributed by atoms with Crippen molar-refractivity contribution in [3.8, 4) is 0 Å². The molecule has 0 radical (unpaired) electrons. The third-order valence-electron chi connectivity index (χ3n) is 4.96. The highest BCUT2D eigenvalue weighted by Crippen LogP contribution is 2.42. The van der Waals surface area contributed by atoms with E-state index in [-0.39, 0.29) is 5.41 Å². The largest absolute Gasteiger partial charge is 0.378 e. The highest BCUT2D eigenvalue weighted by Gasteiger charge is 2.48. The summed E-state index contributed by atoms with van der Waals surface area (Å²) in [6.07, 6.45) is 1.61. The Bertz CT molecular complexity index is 275. The standard InChI is InChI=1S/C15H31N3O/c1-5-19-14-12-13(15(14,2)3)16-6-7-18-10-8-17(4)9-11-18/h13-14,16H,5-12H2,1-4H3. The molecule has 2 aliphatic rings. The van der Waals surface area contributed by atoms with Crippen molar-refractivity contribution in [2.24, 2.45) is 5.41 Å². The van der Waals surface area contributed by atoms with Crippen LogP contribution in [-0.2, 0) is 4.74 Å². The Balaban J connectivity index is 1.62. The van der Waals surface area contributed by atoms with Crippen LogP contribution in [0.5, 0.6) is 0 Å². The molecule has 0 aromatic heterocycles. The van der Waals surface area contributed by atoms with E-state index in [1.54, 1.807) is 0 Å². The fourth-order valence-corrected chi connectivity index (χ4v) is 3.18. The molecule has 0 spiro atoms. The summed E-state index contributed by atoms with van der Waals surface area (Å²) in [5, 5.41) is 3.72. The second-order valence-corrected chi connectivity index (χ2v) is 6.65. The summed E-state index contributed by atoms with van der Waals surface area (Å²) in [6, 6.07) is 0.622. The van der Waals surface area contributed by atoms with Crippen molar-refractivity contribution in [3.63, 3.8) is 0 Å². The van der Waals surface area contributed by atoms with Gasteiger partial charge in [-0.1, -0.05) is 13.8 Å². The van der Waals surface area contributed by atoms with E-state index in [4.69, 9.17) is 4.74 Å². The van der Waals surface area contributed by atoms with Crippen LogP contribution in [-0.4, -0.2) is 74.9 Å². The van der Waals surface area contributed by atoms with Gasteiger partial charge in [-0.25, -0.2) is 0 Å². The Labute approximate surface area is 118 Å². The normalized spacial score (nSPS) is 32.2. The van der Waals surface area contributed by atoms with Crippen LogP contribution < -0.4 is 5.32 Å². The predicted octanol–water partition coefficient (Wildman–Crippen LogP) is 1.03. The van der Waals surface area contributed by atoms with Crippen LogP contribution in [0.3, 0.4) is 0 Å². The van der Waals surface area contributed by atoms with Gasteiger partial charge in [-0.2, -0.15) is 0 Å². The van der Waals surface area contributed by atoms with Gasteiger partial charge in [0.1, 0.15) is 0 Å². The number of piperazine rings is 1. The van der Waals surface area contributed by atoms with Gasteiger partial charge in [-0.15, -0.1) is 0 Å². The number of hydrogen-bond donors (Lipinski definition) is 1. The number of ether oxygens (including phenoxy) is 1. The molecule has 0 amide bonds. The zero-order chi connectivity index (χ0) is 13.9. The first-order chi connectivity index (χ1) is 9.04. The fourth-order valence-electron chi connectivity index (χ4n) is 3.18. The van der Waals surface area contributed by atoms with E-state index in [0.717, 1.165) is 13.2 Å². The molecule has 2 atom stereocenters. The maximum absolute atomic E-state index is 5.78. The molecule has 2 fully saturated rings. The van der Waals surface area contributed by atoms with Crippen molar-refractivity contribution in [2.75, 3.05) is 52.9 Å². The average Bonchev–Trinajstić information content (AvgIpc) is 2.39. The third-order valence-corrected chi connectivity index (χ3v) is 4.96. The van der Waals surface area contributed by atoms with E-state index < -0.39 is 0 Å². The van der Waals surface area contributed by atoms with E-state index in [2.05, 4.69) is 42.9 Å². The number of hydrogen-bond acceptors (Lipinski definition) is 4. The first-order valence-electron chi connectivity index (χ1n) is 7.80. The van der Waals surface area contributed by atoms with Crippen LogP contribution in [0.15, 0.2) is 0 Å². The van der Waals surface area contributed by atoms with Crippen LogP contribution in [0.25, 0.3) is 0 Å². The quantitative estimate of drug-likeness (QED) is 0.779. The number of rotatable bonds is 6. The molecule has 1 aliphatic carbocycles. The molecular formula is C15H31N3O. The molecule has 0 aromatic carbocycles. The van der Waals surface area contributed by atoms with Gasteiger partial charge >= 0.3 is 0 Å². The summed E-state index contributed by atoms with van der Waals surface area (Å²) in [7, 11) is 2.21. The van der Waals surface area contributed by atoms with Gasteiger partial charge in [0.2, 0.25) is 0 Å². The van der Waals surface area contributed by atoms with E-state index in [0.29, 0.717) is 12.1 Å². The summed E-state index contributed by atoms with van der Waals surface area (Å²) >= 11 is 0. The minimum Gasteiger partial charge on any atom is -0.378 e. The van der Waals surface area contributed by atoms with Crippen LogP contribution in [0.2, 0.25) is 0 Å². The summed E-state index contributed by atoms with van der Waals surface area (Å²) in [6.45, 7) is 14.7. The molecule has 112 valence electrons. The summed E-state index contributed by atoms with van der Waals surface area (Å²) in [5.41, 5.74) is 0.290. The highest BCUT2D eigenvalue weighted by atomic mass is 16.5. The van der Waals surface area contributed by atoms with Crippen molar-refractivity contribution in [3.05, 3.63) is 0 Å². The minimum absolute atomic E-state index is 0.290. The van der Waals surface area contributed by atoms with Gasteiger partial charge in [-0.3, -0.25) is 4.90 Å². The lowest BCUT2D eigenvalue weighted by Gasteiger charge is -2.52. The Morgan fingerprint density at radius 3 is 2.47 bits per heavy atom. The zero-order valence-electron chi connectivity index (χ0n) is 13.1. The molecular weight excluding hydrogens is 238 g/mol. The van der Waals surface area contributed by atoms with Crippen LogP contribution in [0.4, 0.5) is 0 Å². The van der Waals surface area contributed by atoms with E-state index in [1.807, 2.05) is 0 Å². The lowest BCUT2D eigenvalue weighted by molar-refractivity contribution is -0.114. The molecule has 0 aromatic rings. The van der Waals surface area contributed by atoms with Gasteiger partial charge in [0, 0.05) is 57.3 Å². The van der Waals surface area contributed by atoms with Crippen molar-refractivity contribution in [2.45, 2.75) is 39.3 Å². The lowest BCUT2D eigenvalue weighted by Crippen LogP contribution is -2.61. The summed E-state index contributed by atoms with van der Waals surface area (Å²) in [5.74, 6) is 0. The van der Waals surface area contributed by atoms with Gasteiger partial charge in [0.15, 0.2) is 0 Å². The number of likely N-dealkylation sites (N-methyl/N-ethyl adjacent to an activating group) is 1. The summed E-state index contributed by atoms with van der Waals surface area (Å²) in [4.78, 5) is 4.98. The molecule has 1 heterocycles. The first kappa shape index (κ1) is 15.2. The Morgan fingerprint density at radius 2 is 1.89 bits per heavy atom. The van der Waals surface area contributed by atoms with Gasteiger partial charge in [0.05, 0.1) is 6.10 Å². The van der Waals surface area contributed by atoms with E-state index >= 15 is 0 Å². The minimum atomic E-state index is 0.290. The van der Waals surface area contributed by atoms with Crippen LogP contribution in [0, 0.1) is 5.41 Å². The molecule has 1 saturated heterocycles. The van der Waals surface area contributed by atoms with Gasteiger partial charge < -0.3 is 15.0 Å². The monoisotopic (exact) mass is 269 g/mol. The molecule has 2 unspecified atom stereocenters. The average molecular weight is 269 g/mol. The maximum Gasteiger partial charge on any atom is 0.0655 e. The SMILES string of the molecule is CCOC1CC(NCCN2CCN(C)CC2)C1(C)C. The molecule has 2 rings (SSSR count). The Morgan fingerprint density at radius 1 is 1.21 bits per heavy atom. The number of nitrogens with one attached hydrogen (secondary N) is 1. The first-order valence-corrected chi connectivity index (χ1v) is 7.80. The molecule has 19 heavy (non-hydrogen) atoms. The molecule has 1 aliphatic heterocycles. The van der Waals surface area contributed by atoms with Gasteiger partial charge in [0.25, 0.3) is 0 Å². The number of nitrogens with zero attached hydrogens (tertiary/aromatic N) is 2. The van der Waals surface area contributed by atoms with Crippen LogP contribution >= 0.6 is 0 Å². The Kier molecular flexibility index (Phi) is 5.23. The second kappa shape index (κ2) is 6.53. The fraction of sp³-hybridized carbons (Fsp3) is 1.00. The van der Waals surface area contributed by atoms with Crippen molar-refractivity contribution >= 4 is 0 Å². The molecule has 4 nitrogen and oxygen atoms in total. The Hall–Kier alpha value is -0.160. The third kappa shape index (κ3) is 3.69. The zero-order valence-corrected chi connectivity index (χ0v) is 13.1. The molecule has 1 saturated carbocycles. The lowest BCUT2D eigenvalue weighted by atomic mass is 9.64. The molecule has 1 N–H and O–H groups in total. The van der Waals surface area contributed by atoms with Crippen molar-refractivity contribution < 1.29 is 4.74 Å². The van der Waals surface area contributed by atoms with Crippen molar-refractivity contribution in [1.82, 2.24) is 15.1 Å². The second-order valence-electron chi connectivity index (χ2n) is 6.65. The predicted molar refractivity (Wildman–Crippen MR) is 79.5 cm³/mol. The highest BCUT2D eigenvalue weighted by molar-refractivity contribution is 5.02. The van der Waals surface area contributed by atoms with E-state index in [9.17, 15) is 0 Å². The summed E-state index contributed by atoms with van der Waals surface area (Å²) < 4.78 is 5.78. The van der Waals surface area contributed by atoms with Gasteiger partial charge in [-0.05, 0) is 20.4 Å². The van der Waals surface area contributed by atoms with E-state index in [1.165, 1.54) is 39.1 Å². The topological polar surface area (TPSA) is 27.7 Å². The van der Waals surface area contributed by atoms with Crippen LogP contribution in [0.1, 0.15) is 27.2 Å². The smallest absolute Gasteiger partial charge is 0.0655 e. The molecule has 0 bridgehead atoms. The molecule has 4 heteroatoms. The van der Waals surface area contributed by atoms with Crippen molar-refractivity contribution in [1.29, 1.82) is 0 Å². The maximum atomic E-state index is 5.78.